The molecular formula is C30H42O7. The van der Waals surface area contributed by atoms with E-state index < -0.39 is 56.6 Å². The number of rotatable bonds is 4. The standard InChI is InChI=1S/C30H42O7/c1-25(2,36)12-11-21(33)30(8,37)23-19(32)14-27(5)20-10-9-16-17(13-18(31)24(35)26(16,3)4)29(20,7)22(34)15-28(23,27)6/h9,11-13,17,19-20,23,31-32,36-37H,10,14-15H2,1-8H3/b12-11+/t17?,19?,20-,23?,27+,28+,29+,30?/m0/s1. The van der Waals surface area contributed by atoms with Crippen molar-refractivity contribution in [2.24, 2.45) is 39.4 Å². The Morgan fingerprint density at radius 2 is 1.65 bits per heavy atom. The van der Waals surface area contributed by atoms with Gasteiger partial charge in [0.2, 0.25) is 5.78 Å². The fraction of sp³-hybridized carbons (Fsp3) is 0.700. The van der Waals surface area contributed by atoms with Gasteiger partial charge in [-0.2, -0.15) is 0 Å². The molecule has 2 saturated carbocycles. The van der Waals surface area contributed by atoms with Gasteiger partial charge in [-0.1, -0.05) is 38.5 Å². The molecule has 4 unspecified atom stereocenters. The molecule has 0 saturated heterocycles. The Morgan fingerprint density at radius 1 is 1.05 bits per heavy atom. The second kappa shape index (κ2) is 7.96. The molecule has 4 rings (SSSR count). The van der Waals surface area contributed by atoms with Gasteiger partial charge in [-0.25, -0.2) is 0 Å². The fourth-order valence-electron chi connectivity index (χ4n) is 8.58. The van der Waals surface area contributed by atoms with E-state index in [4.69, 9.17) is 0 Å². The highest BCUT2D eigenvalue weighted by atomic mass is 16.3. The average Bonchev–Trinajstić information content (AvgIpc) is 2.96. The van der Waals surface area contributed by atoms with Crippen LogP contribution >= 0.6 is 0 Å². The van der Waals surface area contributed by atoms with Crippen LogP contribution in [0.1, 0.15) is 74.7 Å². The van der Waals surface area contributed by atoms with Gasteiger partial charge in [-0.05, 0) is 76.4 Å². The smallest absolute Gasteiger partial charge is 0.206 e. The lowest BCUT2D eigenvalue weighted by Crippen LogP contribution is -2.64. The van der Waals surface area contributed by atoms with Gasteiger partial charge < -0.3 is 20.4 Å². The van der Waals surface area contributed by atoms with Crippen molar-refractivity contribution in [2.45, 2.75) is 92.0 Å². The van der Waals surface area contributed by atoms with Gasteiger partial charge >= 0.3 is 0 Å². The lowest BCUT2D eigenvalue weighted by atomic mass is 9.39. The molecule has 7 heteroatoms. The van der Waals surface area contributed by atoms with Crippen molar-refractivity contribution in [3.63, 3.8) is 0 Å². The van der Waals surface area contributed by atoms with E-state index in [2.05, 4.69) is 0 Å². The summed E-state index contributed by atoms with van der Waals surface area (Å²) in [6.07, 6.45) is 5.85. The second-order valence-corrected chi connectivity index (χ2v) is 13.9. The predicted octanol–water partition coefficient (Wildman–Crippen LogP) is 3.62. The summed E-state index contributed by atoms with van der Waals surface area (Å²) in [5, 5.41) is 43.6. The van der Waals surface area contributed by atoms with Crippen molar-refractivity contribution in [1.82, 2.24) is 0 Å². The quantitative estimate of drug-likeness (QED) is 0.333. The minimum Gasteiger partial charge on any atom is -0.505 e. The van der Waals surface area contributed by atoms with Gasteiger partial charge in [0, 0.05) is 23.7 Å². The number of hydrogen-bond acceptors (Lipinski definition) is 7. The number of fused-ring (bicyclic) bond motifs is 5. The van der Waals surface area contributed by atoms with Gasteiger partial charge in [0.1, 0.15) is 11.4 Å². The highest BCUT2D eigenvalue weighted by Crippen LogP contribution is 2.73. The van der Waals surface area contributed by atoms with Crippen LogP contribution in [0, 0.1) is 39.4 Å². The third-order valence-corrected chi connectivity index (χ3v) is 10.8. The molecule has 0 radical (unpaired) electrons. The van der Waals surface area contributed by atoms with Crippen molar-refractivity contribution < 1.29 is 34.8 Å². The number of Topliss-reactive ketones (excluding diaryl/α,β-unsaturated/α-hetero) is 2. The average molecular weight is 515 g/mol. The molecule has 4 aliphatic rings. The molecule has 0 amide bonds. The van der Waals surface area contributed by atoms with Gasteiger partial charge in [0.05, 0.1) is 17.1 Å². The first kappa shape index (κ1) is 27.9. The maximum absolute atomic E-state index is 14.2. The lowest BCUT2D eigenvalue weighted by molar-refractivity contribution is -0.179. The minimum atomic E-state index is -1.96. The highest BCUT2D eigenvalue weighted by Gasteiger charge is 2.74. The first-order valence-corrected chi connectivity index (χ1v) is 13.2. The highest BCUT2D eigenvalue weighted by molar-refractivity contribution is 6.02. The number of allylic oxidation sites excluding steroid dienone is 4. The summed E-state index contributed by atoms with van der Waals surface area (Å²) in [7, 11) is 0. The summed E-state index contributed by atoms with van der Waals surface area (Å²) in [5.74, 6) is -2.98. The summed E-state index contributed by atoms with van der Waals surface area (Å²) in [4.78, 5) is 40.1. The largest absolute Gasteiger partial charge is 0.505 e. The fourth-order valence-corrected chi connectivity index (χ4v) is 8.58. The predicted molar refractivity (Wildman–Crippen MR) is 138 cm³/mol. The summed E-state index contributed by atoms with van der Waals surface area (Å²) >= 11 is 0. The summed E-state index contributed by atoms with van der Waals surface area (Å²) in [5.41, 5.74) is -5.75. The van der Waals surface area contributed by atoms with Crippen molar-refractivity contribution >= 4 is 17.3 Å². The molecule has 204 valence electrons. The van der Waals surface area contributed by atoms with Crippen molar-refractivity contribution in [3.8, 4) is 0 Å². The van der Waals surface area contributed by atoms with Crippen LogP contribution in [-0.2, 0) is 14.4 Å². The summed E-state index contributed by atoms with van der Waals surface area (Å²) in [6.45, 7) is 13.8. The third-order valence-electron chi connectivity index (χ3n) is 10.8. The topological polar surface area (TPSA) is 132 Å². The number of carbonyl (C=O) groups excluding carboxylic acids is 3. The summed E-state index contributed by atoms with van der Waals surface area (Å²) < 4.78 is 0. The molecule has 0 spiro atoms. The number of aliphatic hydroxyl groups is 4. The van der Waals surface area contributed by atoms with Crippen LogP contribution in [-0.4, -0.2) is 55.1 Å². The Kier molecular flexibility index (Phi) is 6.01. The monoisotopic (exact) mass is 514 g/mol. The molecule has 37 heavy (non-hydrogen) atoms. The molecule has 4 N–H and O–H groups in total. The van der Waals surface area contributed by atoms with Gasteiger partial charge in [-0.3, -0.25) is 14.4 Å². The van der Waals surface area contributed by atoms with Crippen LogP contribution in [0.3, 0.4) is 0 Å². The minimum absolute atomic E-state index is 0.0453. The van der Waals surface area contributed by atoms with Crippen LogP contribution in [0.15, 0.2) is 35.6 Å². The lowest BCUT2D eigenvalue weighted by Gasteiger charge is -2.63. The van der Waals surface area contributed by atoms with Crippen LogP contribution < -0.4 is 0 Å². The molecule has 0 aliphatic heterocycles. The molecule has 0 aromatic rings. The third kappa shape index (κ3) is 3.60. The SMILES string of the molecule is CC(C)(O)/C=C/C(=O)C(C)(O)C1C(O)C[C@]2(C)[C@@H]3CC=C4C(C=C(O)C(=O)C4(C)C)[C@@]3(C)C(=O)C[C@]12C. The van der Waals surface area contributed by atoms with E-state index in [0.717, 1.165) is 11.6 Å². The van der Waals surface area contributed by atoms with E-state index in [9.17, 15) is 34.8 Å². The van der Waals surface area contributed by atoms with Crippen molar-refractivity contribution in [3.05, 3.63) is 35.6 Å². The van der Waals surface area contributed by atoms with E-state index in [1.165, 1.54) is 32.9 Å². The van der Waals surface area contributed by atoms with Gasteiger partial charge in [0.15, 0.2) is 11.5 Å². The number of hydrogen-bond donors (Lipinski definition) is 4. The Bertz CT molecular complexity index is 1150. The zero-order valence-corrected chi connectivity index (χ0v) is 23.3. The number of aliphatic hydroxyl groups excluding tert-OH is 2. The van der Waals surface area contributed by atoms with E-state index in [0.29, 0.717) is 12.8 Å². The molecule has 0 aromatic carbocycles. The summed E-state index contributed by atoms with van der Waals surface area (Å²) in [6, 6.07) is 0. The first-order chi connectivity index (χ1) is 16.7. The molecule has 4 aliphatic carbocycles. The van der Waals surface area contributed by atoms with Crippen LogP contribution in [0.4, 0.5) is 0 Å². The van der Waals surface area contributed by atoms with Crippen LogP contribution in [0.2, 0.25) is 0 Å². The molecule has 2 fully saturated rings. The van der Waals surface area contributed by atoms with Gasteiger partial charge in [0.25, 0.3) is 0 Å². The molecular weight excluding hydrogens is 472 g/mol. The Morgan fingerprint density at radius 3 is 2.22 bits per heavy atom. The zero-order chi connectivity index (χ0) is 28.1. The molecule has 0 heterocycles. The number of ketones is 3. The Balaban J connectivity index is 1.82. The van der Waals surface area contributed by atoms with Crippen molar-refractivity contribution in [2.75, 3.05) is 0 Å². The van der Waals surface area contributed by atoms with E-state index >= 15 is 0 Å². The van der Waals surface area contributed by atoms with Crippen LogP contribution in [0.5, 0.6) is 0 Å². The Hall–Kier alpha value is -2.09. The first-order valence-electron chi connectivity index (χ1n) is 13.2. The van der Waals surface area contributed by atoms with Gasteiger partial charge in [-0.15, -0.1) is 0 Å². The molecule has 7 nitrogen and oxygen atoms in total. The molecule has 8 atom stereocenters. The number of carbonyl (C=O) groups is 3. The second-order valence-electron chi connectivity index (χ2n) is 13.9. The maximum atomic E-state index is 14.2. The maximum Gasteiger partial charge on any atom is 0.206 e. The zero-order valence-electron chi connectivity index (χ0n) is 23.3. The molecule has 0 aromatic heterocycles. The van der Waals surface area contributed by atoms with E-state index in [1.54, 1.807) is 13.8 Å². The Labute approximate surface area is 219 Å². The van der Waals surface area contributed by atoms with E-state index in [-0.39, 0.29) is 29.7 Å². The van der Waals surface area contributed by atoms with E-state index in [1.807, 2.05) is 26.8 Å². The molecule has 0 bridgehead atoms. The van der Waals surface area contributed by atoms with Crippen molar-refractivity contribution in [1.29, 1.82) is 0 Å². The van der Waals surface area contributed by atoms with Crippen LogP contribution in [0.25, 0.3) is 0 Å². The normalized spacial score (nSPS) is 42.9.